The number of carboxylic acids is 1. The predicted molar refractivity (Wildman–Crippen MR) is 77.1 cm³/mol. The Hall–Kier alpha value is -2.18. The molecule has 1 unspecified atom stereocenters. The molecule has 6 nitrogen and oxygen atoms in total. The summed E-state index contributed by atoms with van der Waals surface area (Å²) in [5, 5.41) is 22.5. The number of carboxylic acid groups (broad SMARTS) is 1. The number of hydrogen-bond donors (Lipinski definition) is 2. The quantitative estimate of drug-likeness (QED) is 0.641. The molecule has 0 aliphatic rings. The molecule has 0 spiro atoms. The van der Waals surface area contributed by atoms with Crippen LogP contribution in [0.5, 0.6) is 0 Å². The molecule has 2 N–H and O–H groups in total. The molecule has 116 valence electrons. The second-order valence-electron chi connectivity index (χ2n) is 6.06. The van der Waals surface area contributed by atoms with Crippen molar-refractivity contribution in [1.29, 1.82) is 0 Å². The molecule has 0 heterocycles. The topological polar surface area (TPSA) is 92.5 Å². The number of nitrogens with zero attached hydrogens (tertiary/aromatic N) is 1. The van der Waals surface area contributed by atoms with Crippen molar-refractivity contribution >= 4 is 17.3 Å². The number of nitrogens with one attached hydrogen (secondary N) is 1. The highest BCUT2D eigenvalue weighted by atomic mass is 19.1. The van der Waals surface area contributed by atoms with E-state index in [4.69, 9.17) is 5.11 Å². The summed E-state index contributed by atoms with van der Waals surface area (Å²) in [6, 6.07) is 1.60. The summed E-state index contributed by atoms with van der Waals surface area (Å²) in [6.45, 7) is 8.52. The van der Waals surface area contributed by atoms with E-state index in [9.17, 15) is 19.3 Å². The minimum atomic E-state index is -1.46. The van der Waals surface area contributed by atoms with Crippen LogP contribution in [0.4, 0.5) is 15.8 Å². The lowest BCUT2D eigenvalue weighted by Crippen LogP contribution is -2.25. The Morgan fingerprint density at radius 3 is 2.48 bits per heavy atom. The van der Waals surface area contributed by atoms with Gasteiger partial charge in [-0.2, -0.15) is 0 Å². The van der Waals surface area contributed by atoms with Gasteiger partial charge in [0.15, 0.2) is 5.82 Å². The molecule has 1 rings (SSSR count). The molecular weight excluding hydrogens is 279 g/mol. The summed E-state index contributed by atoms with van der Waals surface area (Å²) in [6.07, 6.45) is 0. The van der Waals surface area contributed by atoms with Gasteiger partial charge in [-0.25, -0.2) is 9.18 Å². The Morgan fingerprint density at radius 1 is 1.48 bits per heavy atom. The van der Waals surface area contributed by atoms with Crippen LogP contribution in [0.3, 0.4) is 0 Å². The first-order valence-electron chi connectivity index (χ1n) is 6.49. The maximum absolute atomic E-state index is 13.8. The number of benzene rings is 1. The Kier molecular flexibility index (Phi) is 4.88. The lowest BCUT2D eigenvalue weighted by Gasteiger charge is -2.27. The van der Waals surface area contributed by atoms with Crippen LogP contribution >= 0.6 is 0 Å². The highest BCUT2D eigenvalue weighted by Gasteiger charge is 2.24. The molecule has 1 aromatic rings. The van der Waals surface area contributed by atoms with Crippen molar-refractivity contribution in [3.8, 4) is 0 Å². The fraction of sp³-hybridized carbons (Fsp3) is 0.500. The number of halogens is 1. The number of carbonyl (C=O) groups is 1. The molecule has 0 bridgehead atoms. The smallest absolute Gasteiger partial charge is 0.342 e. The van der Waals surface area contributed by atoms with E-state index in [2.05, 4.69) is 5.32 Å². The van der Waals surface area contributed by atoms with E-state index >= 15 is 0 Å². The second-order valence-corrected chi connectivity index (χ2v) is 6.06. The van der Waals surface area contributed by atoms with Crippen molar-refractivity contribution in [1.82, 2.24) is 0 Å². The fourth-order valence-corrected chi connectivity index (χ4v) is 1.59. The van der Waals surface area contributed by atoms with Crippen LogP contribution in [0.15, 0.2) is 12.1 Å². The fourth-order valence-electron chi connectivity index (χ4n) is 1.59. The molecule has 0 aliphatic heterocycles. The lowest BCUT2D eigenvalue weighted by molar-refractivity contribution is -0.385. The molecule has 0 aliphatic carbocycles. The summed E-state index contributed by atoms with van der Waals surface area (Å²) in [5.74, 6) is -2.11. The summed E-state index contributed by atoms with van der Waals surface area (Å²) >= 11 is 0. The van der Waals surface area contributed by atoms with Crippen molar-refractivity contribution < 1.29 is 19.2 Å². The van der Waals surface area contributed by atoms with Gasteiger partial charge >= 0.3 is 5.97 Å². The third-order valence-corrected chi connectivity index (χ3v) is 3.59. The van der Waals surface area contributed by atoms with Crippen molar-refractivity contribution in [2.24, 2.45) is 11.3 Å². The van der Waals surface area contributed by atoms with Crippen LogP contribution in [-0.2, 0) is 0 Å². The van der Waals surface area contributed by atoms with Gasteiger partial charge in [-0.3, -0.25) is 10.1 Å². The van der Waals surface area contributed by atoms with Gasteiger partial charge < -0.3 is 10.4 Å². The Morgan fingerprint density at radius 2 is 2.05 bits per heavy atom. The molecule has 7 heteroatoms. The summed E-state index contributed by atoms with van der Waals surface area (Å²) in [5.41, 5.74) is -1.34. The maximum atomic E-state index is 13.8. The summed E-state index contributed by atoms with van der Waals surface area (Å²) in [7, 11) is 0. The molecule has 0 aromatic heterocycles. The van der Waals surface area contributed by atoms with Gasteiger partial charge in [0.2, 0.25) is 0 Å². The van der Waals surface area contributed by atoms with Gasteiger partial charge in [-0.1, -0.05) is 27.7 Å². The van der Waals surface area contributed by atoms with E-state index in [-0.39, 0.29) is 17.0 Å². The van der Waals surface area contributed by atoms with Crippen LogP contribution < -0.4 is 5.32 Å². The van der Waals surface area contributed by atoms with E-state index in [1.165, 1.54) is 0 Å². The Bertz CT molecular complexity index is 567. The lowest BCUT2D eigenvalue weighted by atomic mass is 9.82. The zero-order valence-electron chi connectivity index (χ0n) is 12.4. The number of hydrogen-bond acceptors (Lipinski definition) is 4. The van der Waals surface area contributed by atoms with Crippen LogP contribution in [-0.4, -0.2) is 22.5 Å². The van der Waals surface area contributed by atoms with Gasteiger partial charge in [-0.05, 0) is 17.4 Å². The molecular formula is C14H19FN2O4. The SMILES string of the molecule is CC(CNc1cc(C(=O)O)c([N+](=O)[O-])cc1F)C(C)(C)C. The Balaban J connectivity index is 3.07. The first-order valence-corrected chi connectivity index (χ1v) is 6.49. The zero-order chi connectivity index (χ0) is 16.4. The van der Waals surface area contributed by atoms with Crippen LogP contribution in [0.25, 0.3) is 0 Å². The van der Waals surface area contributed by atoms with Gasteiger partial charge in [0.05, 0.1) is 16.7 Å². The third kappa shape index (κ3) is 4.14. The molecule has 0 fully saturated rings. The Labute approximate surface area is 122 Å². The summed E-state index contributed by atoms with van der Waals surface area (Å²) < 4.78 is 13.8. The van der Waals surface area contributed by atoms with Crippen LogP contribution in [0, 0.1) is 27.3 Å². The first kappa shape index (κ1) is 16.9. The average Bonchev–Trinajstić information content (AvgIpc) is 2.34. The van der Waals surface area contributed by atoms with Crippen LogP contribution in [0.1, 0.15) is 38.1 Å². The first-order chi connectivity index (χ1) is 9.54. The number of nitro benzene ring substituents is 1. The zero-order valence-corrected chi connectivity index (χ0v) is 12.4. The minimum absolute atomic E-state index is 0.000118. The van der Waals surface area contributed by atoms with E-state index in [0.717, 1.165) is 6.07 Å². The largest absolute Gasteiger partial charge is 0.477 e. The normalized spacial score (nSPS) is 12.8. The van der Waals surface area contributed by atoms with Gasteiger partial charge in [0.1, 0.15) is 5.56 Å². The third-order valence-electron chi connectivity index (χ3n) is 3.59. The predicted octanol–water partition coefficient (Wildman–Crippen LogP) is 3.53. The van der Waals surface area contributed by atoms with Crippen LogP contribution in [0.2, 0.25) is 0 Å². The van der Waals surface area contributed by atoms with E-state index in [0.29, 0.717) is 12.6 Å². The molecule has 0 saturated heterocycles. The average molecular weight is 298 g/mol. The highest BCUT2D eigenvalue weighted by molar-refractivity contribution is 5.93. The molecule has 21 heavy (non-hydrogen) atoms. The monoisotopic (exact) mass is 298 g/mol. The second kappa shape index (κ2) is 6.07. The van der Waals surface area contributed by atoms with Crippen molar-refractivity contribution in [3.05, 3.63) is 33.6 Å². The van der Waals surface area contributed by atoms with E-state index in [1.807, 2.05) is 27.7 Å². The molecule has 1 atom stereocenters. The maximum Gasteiger partial charge on any atom is 0.342 e. The van der Waals surface area contributed by atoms with Crippen molar-refractivity contribution in [2.45, 2.75) is 27.7 Å². The molecule has 1 aromatic carbocycles. The van der Waals surface area contributed by atoms with Gasteiger partial charge in [0.25, 0.3) is 5.69 Å². The standard InChI is InChI=1S/C14H19FN2O4/c1-8(14(2,3)4)7-16-11-5-9(13(18)19)12(17(20)21)6-10(11)15/h5-6,8,16H,7H2,1-4H3,(H,18,19). The van der Waals surface area contributed by atoms with E-state index in [1.54, 1.807) is 0 Å². The van der Waals surface area contributed by atoms with E-state index < -0.39 is 28.0 Å². The number of anilines is 1. The minimum Gasteiger partial charge on any atom is -0.477 e. The van der Waals surface area contributed by atoms with Crippen molar-refractivity contribution in [2.75, 3.05) is 11.9 Å². The number of aromatic carboxylic acids is 1. The number of rotatable bonds is 5. The van der Waals surface area contributed by atoms with Gasteiger partial charge in [0, 0.05) is 6.54 Å². The molecule has 0 amide bonds. The summed E-state index contributed by atoms with van der Waals surface area (Å²) in [4.78, 5) is 20.9. The molecule has 0 saturated carbocycles. The highest BCUT2D eigenvalue weighted by Crippen LogP contribution is 2.29. The van der Waals surface area contributed by atoms with Crippen molar-refractivity contribution in [3.63, 3.8) is 0 Å². The molecule has 0 radical (unpaired) electrons. The number of nitro groups is 1. The van der Waals surface area contributed by atoms with Gasteiger partial charge in [-0.15, -0.1) is 0 Å².